The van der Waals surface area contributed by atoms with Crippen LogP contribution in [0.15, 0.2) is 86.9 Å². The van der Waals surface area contributed by atoms with Gasteiger partial charge in [-0.3, -0.25) is 18.9 Å². The molecule has 3 aromatic carbocycles. The van der Waals surface area contributed by atoms with E-state index in [1.54, 1.807) is 11.7 Å². The first-order valence-electron chi connectivity index (χ1n) is 14.0. The van der Waals surface area contributed by atoms with Gasteiger partial charge in [0.25, 0.3) is 5.56 Å². The van der Waals surface area contributed by atoms with Crippen LogP contribution in [0.4, 0.5) is 0 Å². The molecule has 1 atom stereocenters. The first-order valence-corrected chi connectivity index (χ1v) is 14.0. The summed E-state index contributed by atoms with van der Waals surface area (Å²) in [5.41, 5.74) is 5.79. The zero-order chi connectivity index (χ0) is 29.6. The first-order chi connectivity index (χ1) is 20.4. The zero-order valence-electron chi connectivity index (χ0n) is 24.2. The van der Waals surface area contributed by atoms with Crippen LogP contribution in [0.3, 0.4) is 0 Å². The standard InChI is InChI=1S/C33H34N4O5.K.H/c1-5-8-30-29(32(38)37(22(3)34-30)25-15-17-26(18-16-25)41-21(2)20-40-4)19-23-11-13-24(14-12-23)27-9-6-7-10-28(27)31-35-33(39)42-36-31;;/h6-7,9-18,21H,5,8,19-20H2,1-4H3,(H,35,36,39);;. The van der Waals surface area contributed by atoms with E-state index in [-0.39, 0.29) is 63.0 Å². The Morgan fingerprint density at radius 3 is 2.30 bits per heavy atom. The molecule has 9 nitrogen and oxygen atoms in total. The molecule has 0 aliphatic heterocycles. The fourth-order valence-electron chi connectivity index (χ4n) is 5.11. The van der Waals surface area contributed by atoms with E-state index in [2.05, 4.69) is 17.1 Å². The van der Waals surface area contributed by atoms with Gasteiger partial charge in [0.15, 0.2) is 5.82 Å². The second-order valence-electron chi connectivity index (χ2n) is 10.2. The number of benzene rings is 3. The number of methoxy groups -OCH3 is 1. The molecule has 5 aromatic rings. The van der Waals surface area contributed by atoms with Crippen LogP contribution in [0.1, 0.15) is 42.9 Å². The molecule has 0 saturated heterocycles. The molecule has 0 amide bonds. The number of nitrogens with zero attached hydrogens (tertiary/aromatic N) is 3. The molecule has 0 saturated carbocycles. The Bertz CT molecular complexity index is 1780. The topological polar surface area (TPSA) is 112 Å². The SMILES string of the molecule is CCCc1nc(C)n(-c2ccc(OC(C)COC)cc2)c(=O)c1Cc1ccc(-c2ccccc2-c2noc(=O)[nH]2)cc1.[KH]. The van der Waals surface area contributed by atoms with E-state index in [9.17, 15) is 9.59 Å². The van der Waals surface area contributed by atoms with Gasteiger partial charge in [0.05, 0.1) is 18.0 Å². The summed E-state index contributed by atoms with van der Waals surface area (Å²) in [4.78, 5) is 33.0. The van der Waals surface area contributed by atoms with E-state index < -0.39 is 5.76 Å². The summed E-state index contributed by atoms with van der Waals surface area (Å²) < 4.78 is 17.4. The number of hydrogen-bond acceptors (Lipinski definition) is 7. The third kappa shape index (κ3) is 7.70. The van der Waals surface area contributed by atoms with Crippen molar-refractivity contribution >= 4 is 51.4 Å². The van der Waals surface area contributed by atoms with Crippen molar-refractivity contribution in [1.82, 2.24) is 19.7 Å². The Morgan fingerprint density at radius 1 is 0.977 bits per heavy atom. The van der Waals surface area contributed by atoms with Crippen molar-refractivity contribution in [3.8, 4) is 34.0 Å². The first kappa shape index (κ1) is 32.8. The van der Waals surface area contributed by atoms with Crippen LogP contribution < -0.4 is 16.1 Å². The molecule has 0 aliphatic rings. The van der Waals surface area contributed by atoms with Crippen molar-refractivity contribution in [2.45, 2.75) is 46.1 Å². The van der Waals surface area contributed by atoms with Gasteiger partial charge in [0.2, 0.25) is 0 Å². The van der Waals surface area contributed by atoms with E-state index in [4.69, 9.17) is 19.0 Å². The van der Waals surface area contributed by atoms with Crippen LogP contribution >= 0.6 is 0 Å². The maximum atomic E-state index is 14.0. The number of aromatic amines is 1. The van der Waals surface area contributed by atoms with Gasteiger partial charge in [-0.2, -0.15) is 0 Å². The molecule has 10 heteroatoms. The maximum absolute atomic E-state index is 14.0. The molecular weight excluding hydrogens is 571 g/mol. The van der Waals surface area contributed by atoms with Gasteiger partial charge in [0, 0.05) is 24.7 Å². The quantitative estimate of drug-likeness (QED) is 0.214. The van der Waals surface area contributed by atoms with Gasteiger partial charge in [-0.05, 0) is 61.2 Å². The molecule has 0 radical (unpaired) electrons. The van der Waals surface area contributed by atoms with Crippen molar-refractivity contribution in [3.05, 3.63) is 116 Å². The predicted molar refractivity (Wildman–Crippen MR) is 168 cm³/mol. The molecule has 5 rings (SSSR count). The number of H-pyrrole nitrogens is 1. The minimum absolute atomic E-state index is 0. The summed E-state index contributed by atoms with van der Waals surface area (Å²) in [6, 6.07) is 23.2. The Labute approximate surface area is 292 Å². The fraction of sp³-hybridized carbons (Fsp3) is 0.273. The van der Waals surface area contributed by atoms with E-state index in [1.165, 1.54) is 0 Å². The van der Waals surface area contributed by atoms with Crippen LogP contribution in [-0.2, 0) is 17.6 Å². The normalized spacial score (nSPS) is 11.6. The van der Waals surface area contributed by atoms with Crippen LogP contribution in [0.25, 0.3) is 28.2 Å². The Morgan fingerprint density at radius 2 is 1.67 bits per heavy atom. The number of aryl methyl sites for hydroxylation is 2. The van der Waals surface area contributed by atoms with E-state index in [1.807, 2.05) is 86.6 Å². The van der Waals surface area contributed by atoms with Crippen LogP contribution in [0, 0.1) is 6.92 Å². The zero-order valence-corrected chi connectivity index (χ0v) is 24.2. The summed E-state index contributed by atoms with van der Waals surface area (Å²) in [6.07, 6.45) is 1.97. The van der Waals surface area contributed by atoms with Crippen LogP contribution in [0.2, 0.25) is 0 Å². The van der Waals surface area contributed by atoms with Crippen LogP contribution in [0.5, 0.6) is 5.75 Å². The molecule has 0 bridgehead atoms. The van der Waals surface area contributed by atoms with Crippen molar-refractivity contribution in [2.75, 3.05) is 13.7 Å². The van der Waals surface area contributed by atoms with Gasteiger partial charge in [0.1, 0.15) is 17.7 Å². The molecule has 2 aromatic heterocycles. The summed E-state index contributed by atoms with van der Waals surface area (Å²) in [5, 5.41) is 3.85. The Balaban J connectivity index is 0.00000423. The monoisotopic (exact) mass is 606 g/mol. The van der Waals surface area contributed by atoms with Gasteiger partial charge in [-0.25, -0.2) is 9.78 Å². The Kier molecular flexibility index (Phi) is 11.5. The van der Waals surface area contributed by atoms with Crippen molar-refractivity contribution < 1.29 is 14.0 Å². The summed E-state index contributed by atoms with van der Waals surface area (Å²) in [7, 11) is 1.64. The predicted octanol–water partition coefficient (Wildman–Crippen LogP) is 4.86. The fourth-order valence-corrected chi connectivity index (χ4v) is 5.11. The van der Waals surface area contributed by atoms with Gasteiger partial charge >= 0.3 is 57.1 Å². The minimum atomic E-state index is -0.601. The molecule has 0 spiro atoms. The molecule has 1 N–H and O–H groups in total. The summed E-state index contributed by atoms with van der Waals surface area (Å²) in [6.45, 7) is 6.38. The van der Waals surface area contributed by atoms with E-state index in [0.717, 1.165) is 46.5 Å². The number of aromatic nitrogens is 4. The van der Waals surface area contributed by atoms with Crippen molar-refractivity contribution in [3.63, 3.8) is 0 Å². The number of nitrogens with one attached hydrogen (secondary N) is 1. The molecular formula is C33H35KN4O5. The summed E-state index contributed by atoms with van der Waals surface area (Å²) in [5.74, 6) is 1.13. The number of rotatable bonds is 11. The second-order valence-corrected chi connectivity index (χ2v) is 10.2. The summed E-state index contributed by atoms with van der Waals surface area (Å²) >= 11 is 0. The van der Waals surface area contributed by atoms with Crippen LogP contribution in [-0.4, -0.2) is 90.9 Å². The van der Waals surface area contributed by atoms with Crippen molar-refractivity contribution in [2.24, 2.45) is 0 Å². The van der Waals surface area contributed by atoms with Gasteiger partial charge < -0.3 is 9.47 Å². The number of ether oxygens (including phenoxy) is 2. The molecule has 0 fully saturated rings. The molecule has 0 aliphatic carbocycles. The average molecular weight is 607 g/mol. The van der Waals surface area contributed by atoms with Crippen molar-refractivity contribution in [1.29, 1.82) is 0 Å². The molecule has 1 unspecified atom stereocenters. The van der Waals surface area contributed by atoms with E-state index >= 15 is 0 Å². The van der Waals surface area contributed by atoms with Gasteiger partial charge in [-0.1, -0.05) is 67.0 Å². The second kappa shape index (κ2) is 15.0. The average Bonchev–Trinajstić information content (AvgIpc) is 3.42. The Hall–Kier alpha value is -3.12. The molecule has 43 heavy (non-hydrogen) atoms. The third-order valence-electron chi connectivity index (χ3n) is 7.02. The van der Waals surface area contributed by atoms with E-state index in [0.29, 0.717) is 36.0 Å². The number of hydrogen-bond donors (Lipinski definition) is 1. The molecule has 218 valence electrons. The molecule has 2 heterocycles. The van der Waals surface area contributed by atoms with Gasteiger partial charge in [-0.15, -0.1) is 0 Å². The third-order valence-corrected chi connectivity index (χ3v) is 7.02.